The summed E-state index contributed by atoms with van der Waals surface area (Å²) in [4.78, 5) is 32.9. The molecule has 2 atom stereocenters. The number of esters is 1. The molecule has 1 saturated carbocycles. The van der Waals surface area contributed by atoms with E-state index in [0.29, 0.717) is 53.1 Å². The predicted octanol–water partition coefficient (Wildman–Crippen LogP) is 8.55. The van der Waals surface area contributed by atoms with Crippen molar-refractivity contribution in [2.24, 2.45) is 16.8 Å². The molecule has 1 heterocycles. The Balaban J connectivity index is 1.43. The molecule has 1 aliphatic heterocycles. The number of halogens is 1. The van der Waals surface area contributed by atoms with Crippen LogP contribution < -0.4 is 5.32 Å². The summed E-state index contributed by atoms with van der Waals surface area (Å²) in [7, 11) is 0. The molecule has 3 aromatic carbocycles. The molecule has 49 heavy (non-hydrogen) atoms. The lowest BCUT2D eigenvalue weighted by molar-refractivity contribution is -0.146. The molecule has 1 N–H and O–H groups in total. The van der Waals surface area contributed by atoms with Crippen molar-refractivity contribution in [1.29, 1.82) is 5.26 Å². The number of ether oxygens (including phenoxy) is 2. The summed E-state index contributed by atoms with van der Waals surface area (Å²) in [6.07, 6.45) is 8.03. The molecular formula is C41H46ClN3O4. The van der Waals surface area contributed by atoms with Gasteiger partial charge in [0.15, 0.2) is 0 Å². The standard InChI is InChI=1S/C41H46ClN3O4/c1-29-37(41(47)49-25-12-23-43)38(33-19-11-20-34(42)27-33)39(36(45-29)28-48-26-22-30-13-5-2-6-14-30)40(46)44-24-21-35(31-15-7-3-8-16-31)32-17-9-4-10-18-32/h3-4,7-11,15-20,27,30,35,37-38H,2,5-6,12-14,21-22,24-26,28H2,1H3,(H,44,46). The summed E-state index contributed by atoms with van der Waals surface area (Å²) >= 11 is 6.48. The quantitative estimate of drug-likeness (QED) is 0.128. The van der Waals surface area contributed by atoms with E-state index in [-0.39, 0.29) is 31.5 Å². The fourth-order valence-corrected chi connectivity index (χ4v) is 7.38. The number of aliphatic imine (C=N–C) groups is 1. The summed E-state index contributed by atoms with van der Waals surface area (Å²) in [5, 5.41) is 12.7. The van der Waals surface area contributed by atoms with Gasteiger partial charge in [-0.3, -0.25) is 14.6 Å². The van der Waals surface area contributed by atoms with Gasteiger partial charge >= 0.3 is 5.97 Å². The number of nitrogens with one attached hydrogen (secondary N) is 1. The number of nitriles is 1. The van der Waals surface area contributed by atoms with Crippen molar-refractivity contribution in [3.05, 3.63) is 118 Å². The molecule has 8 heteroatoms. The van der Waals surface area contributed by atoms with Crippen LogP contribution in [-0.2, 0) is 19.1 Å². The average molecular weight is 680 g/mol. The molecular weight excluding hydrogens is 634 g/mol. The van der Waals surface area contributed by atoms with E-state index in [1.165, 1.54) is 43.2 Å². The van der Waals surface area contributed by atoms with Crippen LogP contribution in [0.15, 0.2) is 101 Å². The zero-order valence-corrected chi connectivity index (χ0v) is 29.0. The van der Waals surface area contributed by atoms with E-state index in [1.54, 1.807) is 19.1 Å². The van der Waals surface area contributed by atoms with Gasteiger partial charge in [0.05, 0.1) is 24.8 Å². The second-order valence-corrected chi connectivity index (χ2v) is 13.4. The molecule has 0 saturated heterocycles. The molecule has 256 valence electrons. The topological polar surface area (TPSA) is 101 Å². The van der Waals surface area contributed by atoms with Crippen molar-refractivity contribution >= 4 is 29.2 Å². The number of amides is 1. The average Bonchev–Trinajstić information content (AvgIpc) is 3.12. The Bertz CT molecular complexity index is 1600. The van der Waals surface area contributed by atoms with Crippen molar-refractivity contribution in [3.8, 4) is 6.07 Å². The molecule has 2 unspecified atom stereocenters. The Kier molecular flexibility index (Phi) is 13.6. The van der Waals surface area contributed by atoms with E-state index < -0.39 is 17.8 Å². The summed E-state index contributed by atoms with van der Waals surface area (Å²) in [6.45, 7) is 2.87. The number of hydrogen-bond acceptors (Lipinski definition) is 6. The second-order valence-electron chi connectivity index (χ2n) is 13.0. The molecule has 1 amide bonds. The monoisotopic (exact) mass is 679 g/mol. The number of hydrogen-bond donors (Lipinski definition) is 1. The van der Waals surface area contributed by atoms with Gasteiger partial charge in [0.25, 0.3) is 0 Å². The molecule has 1 fully saturated rings. The van der Waals surface area contributed by atoms with Crippen molar-refractivity contribution in [3.63, 3.8) is 0 Å². The van der Waals surface area contributed by atoms with Gasteiger partial charge in [-0.1, -0.05) is 117 Å². The molecule has 7 nitrogen and oxygen atoms in total. The molecule has 0 bridgehead atoms. The van der Waals surface area contributed by atoms with Crippen LogP contribution >= 0.6 is 11.6 Å². The van der Waals surface area contributed by atoms with Crippen LogP contribution in [0.5, 0.6) is 0 Å². The maximum atomic E-state index is 14.4. The number of rotatable bonds is 15. The third-order valence-corrected chi connectivity index (χ3v) is 9.87. The fourth-order valence-electron chi connectivity index (χ4n) is 7.18. The van der Waals surface area contributed by atoms with E-state index in [1.807, 2.05) is 54.6 Å². The first kappa shape index (κ1) is 36.0. The van der Waals surface area contributed by atoms with Crippen molar-refractivity contribution < 1.29 is 19.1 Å². The van der Waals surface area contributed by atoms with Gasteiger partial charge in [-0.15, -0.1) is 0 Å². The molecule has 0 spiro atoms. The van der Waals surface area contributed by atoms with E-state index in [0.717, 1.165) is 6.42 Å². The fraction of sp³-hybridized carbons (Fsp3) is 0.415. The maximum absolute atomic E-state index is 14.4. The lowest BCUT2D eigenvalue weighted by Gasteiger charge is -2.33. The van der Waals surface area contributed by atoms with E-state index >= 15 is 0 Å². The number of carbonyl (C=O) groups excluding carboxylic acids is 2. The minimum Gasteiger partial charge on any atom is -0.464 e. The minimum atomic E-state index is -0.870. The number of carbonyl (C=O) groups is 2. The molecule has 5 rings (SSSR count). The van der Waals surface area contributed by atoms with Crippen molar-refractivity contribution in [1.82, 2.24) is 5.32 Å². The van der Waals surface area contributed by atoms with Crippen molar-refractivity contribution in [2.75, 3.05) is 26.4 Å². The van der Waals surface area contributed by atoms with E-state index in [2.05, 4.69) is 29.6 Å². The van der Waals surface area contributed by atoms with Gasteiger partial charge in [-0.05, 0) is 54.5 Å². The maximum Gasteiger partial charge on any atom is 0.315 e. The highest BCUT2D eigenvalue weighted by Gasteiger charge is 2.42. The van der Waals surface area contributed by atoms with Gasteiger partial charge < -0.3 is 14.8 Å². The first-order valence-electron chi connectivity index (χ1n) is 17.5. The summed E-state index contributed by atoms with van der Waals surface area (Å²) in [5.74, 6) is -1.67. The van der Waals surface area contributed by atoms with Crippen LogP contribution in [0.3, 0.4) is 0 Å². The van der Waals surface area contributed by atoms with Crippen molar-refractivity contribution in [2.45, 2.75) is 70.1 Å². The Labute approximate surface area is 295 Å². The Morgan fingerprint density at radius 1 is 0.959 bits per heavy atom. The smallest absolute Gasteiger partial charge is 0.315 e. The molecule has 0 aromatic heterocycles. The second kappa shape index (κ2) is 18.5. The molecule has 2 aliphatic rings. The van der Waals surface area contributed by atoms with Gasteiger partial charge in [-0.25, -0.2) is 0 Å². The molecule has 3 aromatic rings. The normalized spacial score (nSPS) is 18.1. The first-order valence-corrected chi connectivity index (χ1v) is 17.9. The third-order valence-electron chi connectivity index (χ3n) is 9.64. The third kappa shape index (κ3) is 9.90. The van der Waals surface area contributed by atoms with Crippen LogP contribution in [0, 0.1) is 23.2 Å². The lowest BCUT2D eigenvalue weighted by Crippen LogP contribution is -2.40. The summed E-state index contributed by atoms with van der Waals surface area (Å²) in [6, 6.07) is 29.8. The van der Waals surface area contributed by atoms with Crippen LogP contribution in [0.1, 0.15) is 86.8 Å². The SMILES string of the molecule is CC1=NC(COCCC2CCCCC2)=C(C(=O)NCCC(c2ccccc2)c2ccccc2)C(c2cccc(Cl)c2)C1C(=O)OCCC#N. The Morgan fingerprint density at radius 3 is 2.31 bits per heavy atom. The van der Waals surface area contributed by atoms with Crippen LogP contribution in [0.25, 0.3) is 0 Å². The Hall–Kier alpha value is -4.25. The summed E-state index contributed by atoms with van der Waals surface area (Å²) < 4.78 is 11.8. The minimum absolute atomic E-state index is 0.0376. The van der Waals surface area contributed by atoms with Gasteiger partial charge in [0.1, 0.15) is 12.5 Å². The highest BCUT2D eigenvalue weighted by atomic mass is 35.5. The Morgan fingerprint density at radius 2 is 1.65 bits per heavy atom. The summed E-state index contributed by atoms with van der Waals surface area (Å²) in [5.41, 5.74) is 4.46. The van der Waals surface area contributed by atoms with Crippen LogP contribution in [0.2, 0.25) is 5.02 Å². The zero-order valence-electron chi connectivity index (χ0n) is 28.3. The lowest BCUT2D eigenvalue weighted by atomic mass is 9.75. The molecule has 0 radical (unpaired) electrons. The highest BCUT2D eigenvalue weighted by molar-refractivity contribution is 6.30. The largest absolute Gasteiger partial charge is 0.464 e. The van der Waals surface area contributed by atoms with Crippen LogP contribution in [-0.4, -0.2) is 44.0 Å². The van der Waals surface area contributed by atoms with E-state index in [4.69, 9.17) is 31.3 Å². The molecule has 1 aliphatic carbocycles. The number of benzene rings is 3. The zero-order chi connectivity index (χ0) is 34.4. The van der Waals surface area contributed by atoms with Gasteiger partial charge in [0.2, 0.25) is 5.91 Å². The highest BCUT2D eigenvalue weighted by Crippen LogP contribution is 2.41. The number of nitrogens with zero attached hydrogens (tertiary/aromatic N) is 2. The van der Waals surface area contributed by atoms with Crippen LogP contribution in [0.4, 0.5) is 0 Å². The first-order chi connectivity index (χ1) is 24.0. The van der Waals surface area contributed by atoms with Gasteiger partial charge in [0, 0.05) is 41.3 Å². The van der Waals surface area contributed by atoms with E-state index in [9.17, 15) is 9.59 Å². The predicted molar refractivity (Wildman–Crippen MR) is 193 cm³/mol. The van der Waals surface area contributed by atoms with Gasteiger partial charge in [-0.2, -0.15) is 5.26 Å².